The molecule has 0 aliphatic rings. The molecular weight excluding hydrogens is 314 g/mol. The summed E-state index contributed by atoms with van der Waals surface area (Å²) in [5, 5.41) is 5.80. The summed E-state index contributed by atoms with van der Waals surface area (Å²) in [6.07, 6.45) is 0. The molecule has 1 nitrogen and oxygen atoms in total. The van der Waals surface area contributed by atoms with Gasteiger partial charge in [-0.05, 0) is 45.4 Å². The Bertz CT molecular complexity index is 448. The van der Waals surface area contributed by atoms with Crippen LogP contribution in [0.4, 0.5) is 0 Å². The summed E-state index contributed by atoms with van der Waals surface area (Å²) in [4.78, 5) is 2.80. The molecule has 0 radical (unpaired) electrons. The van der Waals surface area contributed by atoms with Crippen LogP contribution in [0.5, 0.6) is 0 Å². The molecule has 0 aromatic carbocycles. The van der Waals surface area contributed by atoms with Gasteiger partial charge in [-0.3, -0.25) is 0 Å². The fourth-order valence-electron chi connectivity index (χ4n) is 1.79. The van der Waals surface area contributed by atoms with E-state index in [1.807, 2.05) is 11.3 Å². The molecule has 0 aliphatic carbocycles. The molecule has 1 atom stereocenters. The largest absolute Gasteiger partial charge is 0.304 e. The van der Waals surface area contributed by atoms with Crippen molar-refractivity contribution in [1.29, 1.82) is 0 Å². The van der Waals surface area contributed by atoms with Crippen molar-refractivity contribution in [2.75, 3.05) is 0 Å². The summed E-state index contributed by atoms with van der Waals surface area (Å²) < 4.78 is 1.20. The van der Waals surface area contributed by atoms with E-state index in [1.54, 1.807) is 11.3 Å². The van der Waals surface area contributed by atoms with Gasteiger partial charge in [0.15, 0.2) is 0 Å². The number of hydrogen-bond donors (Lipinski definition) is 1. The summed E-state index contributed by atoms with van der Waals surface area (Å²) in [6.45, 7) is 5.47. The standard InChI is InChI=1S/C13H16BrNS2/c1-9(2)13(11-4-3-7-16-11)15-8-10-5-6-12(14)17-10/h3-7,9,13,15H,8H2,1-2H3. The molecule has 2 rings (SSSR count). The van der Waals surface area contributed by atoms with Crippen molar-refractivity contribution in [3.8, 4) is 0 Å². The monoisotopic (exact) mass is 329 g/mol. The van der Waals surface area contributed by atoms with Crippen LogP contribution in [0.3, 0.4) is 0 Å². The number of thiophene rings is 2. The average Bonchev–Trinajstić information content (AvgIpc) is 2.90. The Hall–Kier alpha value is -0.160. The first-order valence-corrected chi connectivity index (χ1v) is 8.16. The Morgan fingerprint density at radius 2 is 2.12 bits per heavy atom. The minimum Gasteiger partial charge on any atom is -0.304 e. The molecular formula is C13H16BrNS2. The minimum absolute atomic E-state index is 0.455. The maximum absolute atomic E-state index is 3.65. The summed E-state index contributed by atoms with van der Waals surface area (Å²) in [6, 6.07) is 9.08. The van der Waals surface area contributed by atoms with Gasteiger partial charge in [-0.1, -0.05) is 19.9 Å². The van der Waals surface area contributed by atoms with Gasteiger partial charge in [-0.15, -0.1) is 22.7 Å². The topological polar surface area (TPSA) is 12.0 Å². The molecule has 1 unspecified atom stereocenters. The van der Waals surface area contributed by atoms with Crippen LogP contribution in [0.15, 0.2) is 33.4 Å². The highest BCUT2D eigenvalue weighted by molar-refractivity contribution is 9.11. The molecule has 0 bridgehead atoms. The van der Waals surface area contributed by atoms with Gasteiger partial charge in [0, 0.05) is 22.3 Å². The molecule has 1 N–H and O–H groups in total. The van der Waals surface area contributed by atoms with Crippen molar-refractivity contribution < 1.29 is 0 Å². The quantitative estimate of drug-likeness (QED) is 0.808. The summed E-state index contributed by atoms with van der Waals surface area (Å²) in [5.74, 6) is 0.608. The van der Waals surface area contributed by atoms with E-state index < -0.39 is 0 Å². The van der Waals surface area contributed by atoms with Gasteiger partial charge in [0.25, 0.3) is 0 Å². The summed E-state index contributed by atoms with van der Waals surface area (Å²) in [5.41, 5.74) is 0. The van der Waals surface area contributed by atoms with Crippen LogP contribution in [0, 0.1) is 5.92 Å². The molecule has 2 heterocycles. The van der Waals surface area contributed by atoms with Crippen molar-refractivity contribution in [3.63, 3.8) is 0 Å². The molecule has 0 amide bonds. The second-order valence-electron chi connectivity index (χ2n) is 4.32. The first-order chi connectivity index (χ1) is 8.16. The van der Waals surface area contributed by atoms with E-state index in [4.69, 9.17) is 0 Å². The van der Waals surface area contributed by atoms with Crippen molar-refractivity contribution >= 4 is 38.6 Å². The van der Waals surface area contributed by atoms with Gasteiger partial charge >= 0.3 is 0 Å². The van der Waals surface area contributed by atoms with Crippen LogP contribution >= 0.6 is 38.6 Å². The number of hydrogen-bond acceptors (Lipinski definition) is 3. The highest BCUT2D eigenvalue weighted by Gasteiger charge is 2.16. The van der Waals surface area contributed by atoms with E-state index >= 15 is 0 Å². The third kappa shape index (κ3) is 3.65. The third-order valence-electron chi connectivity index (χ3n) is 2.64. The zero-order chi connectivity index (χ0) is 12.3. The zero-order valence-corrected chi connectivity index (χ0v) is 13.2. The normalized spacial score (nSPS) is 13.2. The van der Waals surface area contributed by atoms with Gasteiger partial charge in [-0.25, -0.2) is 0 Å². The maximum atomic E-state index is 3.65. The van der Waals surface area contributed by atoms with Gasteiger partial charge in [0.1, 0.15) is 0 Å². The second kappa shape index (κ2) is 6.14. The Morgan fingerprint density at radius 3 is 2.65 bits per heavy atom. The number of nitrogens with one attached hydrogen (secondary N) is 1. The molecule has 2 aromatic heterocycles. The van der Waals surface area contributed by atoms with Crippen LogP contribution in [0.25, 0.3) is 0 Å². The van der Waals surface area contributed by atoms with Crippen LogP contribution in [0.2, 0.25) is 0 Å². The van der Waals surface area contributed by atoms with Crippen LogP contribution in [0.1, 0.15) is 29.6 Å². The highest BCUT2D eigenvalue weighted by atomic mass is 79.9. The van der Waals surface area contributed by atoms with Crippen LogP contribution in [-0.4, -0.2) is 0 Å². The lowest BCUT2D eigenvalue weighted by atomic mass is 10.0. The molecule has 0 saturated heterocycles. The molecule has 2 aromatic rings. The van der Waals surface area contributed by atoms with E-state index in [9.17, 15) is 0 Å². The van der Waals surface area contributed by atoms with Crippen molar-refractivity contribution in [2.24, 2.45) is 5.92 Å². The van der Waals surface area contributed by atoms with Gasteiger partial charge in [0.2, 0.25) is 0 Å². The molecule has 0 aliphatic heterocycles. The van der Waals surface area contributed by atoms with Crippen molar-refractivity contribution in [2.45, 2.75) is 26.4 Å². The van der Waals surface area contributed by atoms with Crippen molar-refractivity contribution in [1.82, 2.24) is 5.32 Å². The molecule has 4 heteroatoms. The highest BCUT2D eigenvalue weighted by Crippen LogP contribution is 2.27. The predicted molar refractivity (Wildman–Crippen MR) is 80.8 cm³/mol. The smallest absolute Gasteiger partial charge is 0.0701 e. The fraction of sp³-hybridized carbons (Fsp3) is 0.385. The average molecular weight is 330 g/mol. The molecule has 92 valence electrons. The molecule has 17 heavy (non-hydrogen) atoms. The minimum atomic E-state index is 0.455. The van der Waals surface area contributed by atoms with E-state index in [0.29, 0.717) is 12.0 Å². The summed E-state index contributed by atoms with van der Waals surface area (Å²) >= 11 is 7.13. The van der Waals surface area contributed by atoms with Gasteiger partial charge < -0.3 is 5.32 Å². The maximum Gasteiger partial charge on any atom is 0.0701 e. The van der Waals surface area contributed by atoms with Crippen LogP contribution in [-0.2, 0) is 6.54 Å². The van der Waals surface area contributed by atoms with Crippen molar-refractivity contribution in [3.05, 3.63) is 43.2 Å². The zero-order valence-electron chi connectivity index (χ0n) is 9.94. The lowest BCUT2D eigenvalue weighted by Crippen LogP contribution is -2.24. The first kappa shape index (κ1) is 13.3. The lowest BCUT2D eigenvalue weighted by molar-refractivity contribution is 0.418. The number of halogens is 1. The van der Waals surface area contributed by atoms with E-state index in [2.05, 4.69) is 64.7 Å². The predicted octanol–water partition coefficient (Wildman–Crippen LogP) is 5.06. The van der Waals surface area contributed by atoms with Gasteiger partial charge in [-0.2, -0.15) is 0 Å². The Labute approximate surface area is 119 Å². The lowest BCUT2D eigenvalue weighted by Gasteiger charge is -2.20. The third-order valence-corrected chi connectivity index (χ3v) is 5.22. The molecule has 0 spiro atoms. The fourth-order valence-corrected chi connectivity index (χ4v) is 4.20. The van der Waals surface area contributed by atoms with E-state index in [0.717, 1.165) is 6.54 Å². The molecule has 0 fully saturated rings. The molecule has 0 saturated carbocycles. The Kier molecular flexibility index (Phi) is 4.79. The van der Waals surface area contributed by atoms with E-state index in [1.165, 1.54) is 13.5 Å². The SMILES string of the molecule is CC(C)C(NCc1ccc(Br)s1)c1cccs1. The van der Waals surface area contributed by atoms with E-state index in [-0.39, 0.29) is 0 Å². The van der Waals surface area contributed by atoms with Crippen LogP contribution < -0.4 is 5.32 Å². The summed E-state index contributed by atoms with van der Waals surface area (Å²) in [7, 11) is 0. The number of rotatable bonds is 5. The Morgan fingerprint density at radius 1 is 1.29 bits per heavy atom. The first-order valence-electron chi connectivity index (χ1n) is 5.68. The second-order valence-corrected chi connectivity index (χ2v) is 7.85. The van der Waals surface area contributed by atoms with Gasteiger partial charge in [0.05, 0.1) is 3.79 Å². The Balaban J connectivity index is 1.99.